The number of carbonyl (C=O) groups is 1. The van der Waals surface area contributed by atoms with Crippen LogP contribution in [0.4, 0.5) is 0 Å². The van der Waals surface area contributed by atoms with E-state index in [1.807, 2.05) is 6.92 Å². The summed E-state index contributed by atoms with van der Waals surface area (Å²) in [6, 6.07) is 0. The first-order valence-electron chi connectivity index (χ1n) is 9.19. The predicted octanol–water partition coefficient (Wildman–Crippen LogP) is 3.49. The van der Waals surface area contributed by atoms with Gasteiger partial charge in [-0.2, -0.15) is 0 Å². The number of hydrogen-bond donors (Lipinski definition) is 2. The molecule has 3 heteroatoms. The molecule has 5 atom stereocenters. The van der Waals surface area contributed by atoms with Crippen molar-refractivity contribution in [3.8, 4) is 0 Å². The fourth-order valence-corrected chi connectivity index (χ4v) is 5.96. The minimum atomic E-state index is -0.708. The van der Waals surface area contributed by atoms with E-state index >= 15 is 0 Å². The van der Waals surface area contributed by atoms with Crippen LogP contribution in [0.5, 0.6) is 0 Å². The number of aliphatic hydroxyl groups is 2. The Morgan fingerprint density at radius 2 is 1.87 bits per heavy atom. The van der Waals surface area contributed by atoms with E-state index < -0.39 is 6.10 Å². The lowest BCUT2D eigenvalue weighted by atomic mass is 9.45. The third kappa shape index (κ3) is 2.42. The van der Waals surface area contributed by atoms with Crippen molar-refractivity contribution in [3.05, 3.63) is 11.6 Å². The van der Waals surface area contributed by atoms with Crippen molar-refractivity contribution in [2.75, 3.05) is 6.61 Å². The maximum Gasteiger partial charge on any atom is 0.139 e. The zero-order chi connectivity index (χ0) is 17.0. The summed E-state index contributed by atoms with van der Waals surface area (Å²) in [5, 5.41) is 19.6. The van der Waals surface area contributed by atoms with Gasteiger partial charge in [0.15, 0.2) is 0 Å². The summed E-state index contributed by atoms with van der Waals surface area (Å²) in [7, 11) is 0. The average molecular weight is 320 g/mol. The van der Waals surface area contributed by atoms with Crippen LogP contribution in [0.3, 0.4) is 0 Å². The first-order chi connectivity index (χ1) is 10.6. The van der Waals surface area contributed by atoms with Crippen molar-refractivity contribution in [1.29, 1.82) is 0 Å². The number of carbonyl (C=O) groups excluding carboxylic acids is 1. The fraction of sp³-hybridized carbons (Fsp3) is 0.850. The molecule has 2 fully saturated rings. The van der Waals surface area contributed by atoms with Crippen LogP contribution in [0.25, 0.3) is 0 Å². The Hall–Kier alpha value is -0.670. The Morgan fingerprint density at radius 1 is 1.17 bits per heavy atom. The summed E-state index contributed by atoms with van der Waals surface area (Å²) in [6.07, 6.45) is 7.13. The number of aliphatic hydroxyl groups excluding tert-OH is 2. The van der Waals surface area contributed by atoms with Gasteiger partial charge in [-0.1, -0.05) is 39.3 Å². The van der Waals surface area contributed by atoms with Gasteiger partial charge >= 0.3 is 0 Å². The molecule has 3 nitrogen and oxygen atoms in total. The third-order valence-electron chi connectivity index (χ3n) is 7.58. The van der Waals surface area contributed by atoms with Gasteiger partial charge in [0.05, 0.1) is 12.7 Å². The van der Waals surface area contributed by atoms with Crippen LogP contribution in [0, 0.1) is 28.1 Å². The summed E-state index contributed by atoms with van der Waals surface area (Å²) in [5.74, 6) is 1.24. The Labute approximate surface area is 140 Å². The van der Waals surface area contributed by atoms with E-state index in [0.717, 1.165) is 32.1 Å². The molecule has 130 valence electrons. The van der Waals surface area contributed by atoms with Crippen LogP contribution in [-0.2, 0) is 4.79 Å². The van der Waals surface area contributed by atoms with E-state index in [9.17, 15) is 15.0 Å². The second-order valence-electron chi connectivity index (χ2n) is 9.30. The highest BCUT2D eigenvalue weighted by Gasteiger charge is 2.58. The molecule has 3 aliphatic carbocycles. The quantitative estimate of drug-likeness (QED) is 0.766. The minimum absolute atomic E-state index is 0.198. The lowest BCUT2D eigenvalue weighted by molar-refractivity contribution is -0.149. The van der Waals surface area contributed by atoms with Crippen LogP contribution < -0.4 is 0 Å². The van der Waals surface area contributed by atoms with E-state index in [4.69, 9.17) is 0 Å². The molecule has 2 N–H and O–H groups in total. The number of hydrogen-bond acceptors (Lipinski definition) is 3. The van der Waals surface area contributed by atoms with Crippen LogP contribution in [-0.4, -0.2) is 28.7 Å². The van der Waals surface area contributed by atoms with Gasteiger partial charge in [0.2, 0.25) is 0 Å². The molecule has 0 aromatic carbocycles. The van der Waals surface area contributed by atoms with Gasteiger partial charge in [0.1, 0.15) is 5.78 Å². The van der Waals surface area contributed by atoms with Gasteiger partial charge in [0, 0.05) is 17.3 Å². The third-order valence-corrected chi connectivity index (χ3v) is 7.58. The standard InChI is InChI=1S/C20H32O3/c1-18(2)9-8-16(22)20(4)14-7-10-19(3,17(23)12-21)11-13(14)5-6-15(18)20/h11,14-15,17,21,23H,5-10,12H2,1-4H3/t14-,15-,17-,19+,20+/m1/s1. The number of rotatable bonds is 2. The summed E-state index contributed by atoms with van der Waals surface area (Å²) >= 11 is 0. The Morgan fingerprint density at radius 3 is 2.52 bits per heavy atom. The van der Waals surface area contributed by atoms with Crippen LogP contribution in [0.2, 0.25) is 0 Å². The molecule has 0 radical (unpaired) electrons. The van der Waals surface area contributed by atoms with Crippen molar-refractivity contribution < 1.29 is 15.0 Å². The molecule has 0 spiro atoms. The zero-order valence-corrected chi connectivity index (χ0v) is 15.1. The summed E-state index contributed by atoms with van der Waals surface area (Å²) in [6.45, 7) is 8.72. The number of fused-ring (bicyclic) bond motifs is 3. The normalized spacial score (nSPS) is 44.1. The number of ketones is 1. The van der Waals surface area contributed by atoms with Gasteiger partial charge in [-0.15, -0.1) is 0 Å². The Balaban J connectivity index is 1.99. The first-order valence-corrected chi connectivity index (χ1v) is 9.19. The maximum atomic E-state index is 12.9. The Kier molecular flexibility index (Phi) is 4.04. The molecule has 0 bridgehead atoms. The largest absolute Gasteiger partial charge is 0.394 e. The van der Waals surface area contributed by atoms with E-state index in [0.29, 0.717) is 24.0 Å². The highest BCUT2D eigenvalue weighted by Crippen LogP contribution is 2.62. The smallest absolute Gasteiger partial charge is 0.139 e. The zero-order valence-electron chi connectivity index (χ0n) is 15.1. The SMILES string of the molecule is CC1(C)CCC(=O)[C@@]2(C)[C@@H]3CC[C@](C)([C@H](O)CO)C=C3CC[C@H]12. The molecular formula is C20H32O3. The second-order valence-corrected chi connectivity index (χ2v) is 9.30. The summed E-state index contributed by atoms with van der Waals surface area (Å²) in [5.41, 5.74) is 1.00. The van der Waals surface area contributed by atoms with Gasteiger partial charge in [-0.05, 0) is 49.4 Å². The van der Waals surface area contributed by atoms with E-state index in [1.54, 1.807) is 0 Å². The number of Topliss-reactive ketones (excluding diaryl/α,β-unsaturated/α-hetero) is 1. The van der Waals surface area contributed by atoms with Crippen molar-refractivity contribution in [2.24, 2.45) is 28.1 Å². The molecule has 0 heterocycles. The van der Waals surface area contributed by atoms with Gasteiger partial charge in [-0.3, -0.25) is 4.79 Å². The van der Waals surface area contributed by atoms with Crippen molar-refractivity contribution in [3.63, 3.8) is 0 Å². The predicted molar refractivity (Wildman–Crippen MR) is 90.9 cm³/mol. The van der Waals surface area contributed by atoms with Gasteiger partial charge in [0.25, 0.3) is 0 Å². The van der Waals surface area contributed by atoms with Crippen LogP contribution >= 0.6 is 0 Å². The lowest BCUT2D eigenvalue weighted by Gasteiger charge is -2.58. The molecule has 23 heavy (non-hydrogen) atoms. The lowest BCUT2D eigenvalue weighted by Crippen LogP contribution is -2.56. The molecule has 0 saturated heterocycles. The molecular weight excluding hydrogens is 288 g/mol. The van der Waals surface area contributed by atoms with E-state index in [1.165, 1.54) is 5.57 Å². The number of allylic oxidation sites excluding steroid dienone is 1. The maximum absolute atomic E-state index is 12.9. The molecule has 0 unspecified atom stereocenters. The van der Waals surface area contributed by atoms with Crippen LogP contribution in [0.1, 0.15) is 66.2 Å². The topological polar surface area (TPSA) is 57.5 Å². The summed E-state index contributed by atoms with van der Waals surface area (Å²) < 4.78 is 0. The van der Waals surface area contributed by atoms with Gasteiger partial charge < -0.3 is 10.2 Å². The van der Waals surface area contributed by atoms with Crippen molar-refractivity contribution in [2.45, 2.75) is 72.3 Å². The molecule has 3 aliphatic rings. The van der Waals surface area contributed by atoms with Crippen LogP contribution in [0.15, 0.2) is 11.6 Å². The molecule has 0 aromatic heterocycles. The molecule has 0 aromatic rings. The van der Waals surface area contributed by atoms with Crippen molar-refractivity contribution >= 4 is 5.78 Å². The average Bonchev–Trinajstić information content (AvgIpc) is 2.50. The first kappa shape index (κ1) is 17.2. The van der Waals surface area contributed by atoms with E-state index in [2.05, 4.69) is 26.8 Å². The summed E-state index contributed by atoms with van der Waals surface area (Å²) in [4.78, 5) is 12.9. The monoisotopic (exact) mass is 320 g/mol. The van der Waals surface area contributed by atoms with Gasteiger partial charge in [-0.25, -0.2) is 0 Å². The molecule has 2 saturated carbocycles. The minimum Gasteiger partial charge on any atom is -0.394 e. The van der Waals surface area contributed by atoms with E-state index in [-0.39, 0.29) is 22.9 Å². The fourth-order valence-electron chi connectivity index (χ4n) is 5.96. The molecule has 0 aliphatic heterocycles. The second kappa shape index (κ2) is 5.42. The molecule has 3 rings (SSSR count). The Bertz CT molecular complexity index is 535. The highest BCUT2D eigenvalue weighted by atomic mass is 16.3. The highest BCUT2D eigenvalue weighted by molar-refractivity contribution is 5.87. The molecule has 0 amide bonds. The van der Waals surface area contributed by atoms with Crippen molar-refractivity contribution in [1.82, 2.24) is 0 Å².